The number of carbonyl (C=O) groups excluding carboxylic acids is 2. The van der Waals surface area contributed by atoms with E-state index >= 15 is 0 Å². The predicted octanol–water partition coefficient (Wildman–Crippen LogP) is 3.31. The second-order valence-corrected chi connectivity index (χ2v) is 6.82. The van der Waals surface area contributed by atoms with Gasteiger partial charge in [-0.3, -0.25) is 0 Å². The Labute approximate surface area is 160 Å². The summed E-state index contributed by atoms with van der Waals surface area (Å²) in [4.78, 5) is 24.7. The van der Waals surface area contributed by atoms with Gasteiger partial charge in [-0.25, -0.2) is 9.59 Å². The molecule has 0 aliphatic carbocycles. The van der Waals surface area contributed by atoms with E-state index in [4.69, 9.17) is 14.2 Å². The Kier molecular flexibility index (Phi) is 7.10. The number of hydrogen-bond acceptors (Lipinski definition) is 5. The van der Waals surface area contributed by atoms with E-state index < -0.39 is 12.0 Å². The number of hydrogen-bond donors (Lipinski definition) is 2. The molecule has 1 atom stereocenters. The molecule has 27 heavy (non-hydrogen) atoms. The third kappa shape index (κ3) is 5.15. The second kappa shape index (κ2) is 9.30. The molecule has 1 unspecified atom stereocenters. The van der Waals surface area contributed by atoms with Gasteiger partial charge in [0.05, 0.1) is 31.9 Å². The Bertz CT molecular complexity index is 727. The molecule has 1 aromatic rings. The van der Waals surface area contributed by atoms with Crippen molar-refractivity contribution in [3.8, 4) is 11.5 Å². The SMILES string of the molecule is CCCOc1cc(C2NC(=O)NC(C)=C2C(=O)OCC(C)C)ccc1OC. The Morgan fingerprint density at radius 1 is 1.26 bits per heavy atom. The average Bonchev–Trinajstić information content (AvgIpc) is 2.63. The highest BCUT2D eigenvalue weighted by Gasteiger charge is 2.32. The van der Waals surface area contributed by atoms with Crippen molar-refractivity contribution < 1.29 is 23.8 Å². The van der Waals surface area contributed by atoms with Crippen molar-refractivity contribution in [2.24, 2.45) is 5.92 Å². The van der Waals surface area contributed by atoms with Gasteiger partial charge in [0.15, 0.2) is 11.5 Å². The number of allylic oxidation sites excluding steroid dienone is 1. The minimum absolute atomic E-state index is 0.217. The van der Waals surface area contributed by atoms with E-state index in [2.05, 4.69) is 10.6 Å². The van der Waals surface area contributed by atoms with Gasteiger partial charge >= 0.3 is 12.0 Å². The maximum Gasteiger partial charge on any atom is 0.338 e. The van der Waals surface area contributed by atoms with Crippen LogP contribution < -0.4 is 20.1 Å². The van der Waals surface area contributed by atoms with Crippen molar-refractivity contribution in [1.82, 2.24) is 10.6 Å². The molecule has 7 heteroatoms. The summed E-state index contributed by atoms with van der Waals surface area (Å²) in [6.45, 7) is 8.48. The number of ether oxygens (including phenoxy) is 3. The number of nitrogens with one attached hydrogen (secondary N) is 2. The molecule has 1 aliphatic heterocycles. The van der Waals surface area contributed by atoms with Crippen LogP contribution in [-0.2, 0) is 9.53 Å². The van der Waals surface area contributed by atoms with Crippen LogP contribution in [0.1, 0.15) is 45.7 Å². The van der Waals surface area contributed by atoms with Crippen LogP contribution >= 0.6 is 0 Å². The van der Waals surface area contributed by atoms with E-state index in [1.54, 1.807) is 32.2 Å². The van der Waals surface area contributed by atoms with Crippen LogP contribution in [-0.4, -0.2) is 32.3 Å². The van der Waals surface area contributed by atoms with Crippen molar-refractivity contribution in [2.45, 2.75) is 40.2 Å². The Balaban J connectivity index is 2.39. The standard InChI is InChI=1S/C20H28N2O5/c1-6-9-26-16-10-14(7-8-15(16)25-5)18-17(13(4)21-20(24)22-18)19(23)27-11-12(2)3/h7-8,10,12,18H,6,9,11H2,1-5H3,(H2,21,22,24). The summed E-state index contributed by atoms with van der Waals surface area (Å²) in [5, 5.41) is 5.44. The monoisotopic (exact) mass is 376 g/mol. The summed E-state index contributed by atoms with van der Waals surface area (Å²) in [6, 6.07) is 4.35. The summed E-state index contributed by atoms with van der Waals surface area (Å²) in [7, 11) is 1.57. The summed E-state index contributed by atoms with van der Waals surface area (Å²) >= 11 is 0. The van der Waals surface area contributed by atoms with Gasteiger partial charge in [-0.1, -0.05) is 26.8 Å². The molecule has 2 rings (SSSR count). The quantitative estimate of drug-likeness (QED) is 0.680. The number of rotatable bonds is 8. The number of carbonyl (C=O) groups is 2. The summed E-state index contributed by atoms with van der Waals surface area (Å²) in [5.74, 6) is 0.925. The lowest BCUT2D eigenvalue weighted by Gasteiger charge is -2.28. The topological polar surface area (TPSA) is 85.9 Å². The third-order valence-electron chi connectivity index (χ3n) is 4.02. The molecule has 0 aromatic heterocycles. The van der Waals surface area contributed by atoms with Gasteiger partial charge in [-0.15, -0.1) is 0 Å². The van der Waals surface area contributed by atoms with Crippen LogP contribution in [0.2, 0.25) is 0 Å². The zero-order valence-electron chi connectivity index (χ0n) is 16.5. The molecule has 0 bridgehead atoms. The first-order valence-electron chi connectivity index (χ1n) is 9.13. The van der Waals surface area contributed by atoms with Gasteiger partial charge in [0.25, 0.3) is 0 Å². The highest BCUT2D eigenvalue weighted by molar-refractivity contribution is 5.95. The first-order chi connectivity index (χ1) is 12.9. The van der Waals surface area contributed by atoms with Gasteiger partial charge in [0.1, 0.15) is 0 Å². The number of methoxy groups -OCH3 is 1. The highest BCUT2D eigenvalue weighted by atomic mass is 16.5. The maximum atomic E-state index is 12.7. The Morgan fingerprint density at radius 3 is 2.63 bits per heavy atom. The highest BCUT2D eigenvalue weighted by Crippen LogP contribution is 2.34. The van der Waals surface area contributed by atoms with Crippen LogP contribution in [0.25, 0.3) is 0 Å². The van der Waals surface area contributed by atoms with Crippen LogP contribution in [0.3, 0.4) is 0 Å². The van der Waals surface area contributed by atoms with E-state index in [1.807, 2.05) is 20.8 Å². The van der Waals surface area contributed by atoms with Crippen LogP contribution in [0, 0.1) is 5.92 Å². The molecule has 0 saturated heterocycles. The molecular weight excluding hydrogens is 348 g/mol. The minimum Gasteiger partial charge on any atom is -0.493 e. The maximum absolute atomic E-state index is 12.7. The number of amides is 2. The molecule has 2 N–H and O–H groups in total. The van der Waals surface area contributed by atoms with Gasteiger partial charge in [0.2, 0.25) is 0 Å². The predicted molar refractivity (Wildman–Crippen MR) is 102 cm³/mol. The van der Waals surface area contributed by atoms with E-state index in [-0.39, 0.29) is 11.9 Å². The largest absolute Gasteiger partial charge is 0.493 e. The van der Waals surface area contributed by atoms with Gasteiger partial charge in [-0.05, 0) is 37.0 Å². The summed E-state index contributed by atoms with van der Waals surface area (Å²) in [6.07, 6.45) is 0.850. The second-order valence-electron chi connectivity index (χ2n) is 6.82. The lowest BCUT2D eigenvalue weighted by molar-refractivity contribution is -0.140. The zero-order valence-corrected chi connectivity index (χ0v) is 16.5. The molecule has 148 valence electrons. The summed E-state index contributed by atoms with van der Waals surface area (Å²) < 4.78 is 16.5. The lowest BCUT2D eigenvalue weighted by atomic mass is 9.95. The zero-order chi connectivity index (χ0) is 20.0. The van der Waals surface area contributed by atoms with E-state index in [0.29, 0.717) is 41.5 Å². The van der Waals surface area contributed by atoms with Crippen molar-refractivity contribution in [1.29, 1.82) is 0 Å². The molecule has 1 aromatic carbocycles. The fourth-order valence-electron chi connectivity index (χ4n) is 2.73. The smallest absolute Gasteiger partial charge is 0.338 e. The molecule has 2 amide bonds. The molecule has 1 aliphatic rings. The number of urea groups is 1. The van der Waals surface area contributed by atoms with Crippen molar-refractivity contribution in [3.05, 3.63) is 35.0 Å². The fourth-order valence-corrected chi connectivity index (χ4v) is 2.73. The van der Waals surface area contributed by atoms with Gasteiger partial charge in [-0.2, -0.15) is 0 Å². The first kappa shape index (κ1) is 20.6. The molecule has 1 heterocycles. The lowest BCUT2D eigenvalue weighted by Crippen LogP contribution is -2.45. The van der Waals surface area contributed by atoms with Crippen molar-refractivity contribution in [2.75, 3.05) is 20.3 Å². The van der Waals surface area contributed by atoms with Gasteiger partial charge in [0, 0.05) is 5.70 Å². The number of esters is 1. The minimum atomic E-state index is -0.631. The van der Waals surface area contributed by atoms with Crippen molar-refractivity contribution >= 4 is 12.0 Å². The third-order valence-corrected chi connectivity index (χ3v) is 4.02. The molecule has 0 spiro atoms. The molecule has 0 radical (unpaired) electrons. The van der Waals surface area contributed by atoms with Gasteiger partial charge < -0.3 is 24.8 Å². The van der Waals surface area contributed by atoms with E-state index in [9.17, 15) is 9.59 Å². The molecule has 7 nitrogen and oxygen atoms in total. The Morgan fingerprint density at radius 2 is 2.00 bits per heavy atom. The molecular formula is C20H28N2O5. The van der Waals surface area contributed by atoms with Crippen molar-refractivity contribution in [3.63, 3.8) is 0 Å². The Hall–Kier alpha value is -2.70. The van der Waals surface area contributed by atoms with Crippen LogP contribution in [0.4, 0.5) is 4.79 Å². The molecule has 0 fully saturated rings. The number of benzene rings is 1. The van der Waals surface area contributed by atoms with E-state index in [0.717, 1.165) is 6.42 Å². The van der Waals surface area contributed by atoms with Crippen LogP contribution in [0.15, 0.2) is 29.5 Å². The van der Waals surface area contributed by atoms with Crippen LogP contribution in [0.5, 0.6) is 11.5 Å². The fraction of sp³-hybridized carbons (Fsp3) is 0.500. The average molecular weight is 376 g/mol. The first-order valence-corrected chi connectivity index (χ1v) is 9.13. The normalized spacial score (nSPS) is 16.7. The molecule has 0 saturated carbocycles. The van der Waals surface area contributed by atoms with E-state index in [1.165, 1.54) is 0 Å². The summed E-state index contributed by atoms with van der Waals surface area (Å²) in [5.41, 5.74) is 1.57.